The van der Waals surface area contributed by atoms with Crippen LogP contribution in [0, 0.1) is 5.92 Å². The van der Waals surface area contributed by atoms with Crippen molar-refractivity contribution in [2.24, 2.45) is 5.92 Å². The van der Waals surface area contributed by atoms with Crippen LogP contribution in [0.4, 0.5) is 0 Å². The zero-order valence-electron chi connectivity index (χ0n) is 17.0. The number of likely N-dealkylation sites (tertiary alicyclic amines) is 1. The third-order valence-electron chi connectivity index (χ3n) is 4.76. The monoisotopic (exact) mass is 451 g/mol. The molecule has 1 aliphatic heterocycles. The van der Waals surface area contributed by atoms with Gasteiger partial charge in [0.05, 0.1) is 12.0 Å². The molecule has 3 atom stereocenters. The van der Waals surface area contributed by atoms with Crippen LogP contribution in [0.1, 0.15) is 23.7 Å². The first kappa shape index (κ1) is 25.0. The maximum atomic E-state index is 12.9. The Labute approximate surface area is 207 Å². The van der Waals surface area contributed by atoms with Gasteiger partial charge >= 0.3 is 29.6 Å². The summed E-state index contributed by atoms with van der Waals surface area (Å²) in [5.41, 5.74) is 0.588. The topological polar surface area (TPSA) is 77.5 Å². The summed E-state index contributed by atoms with van der Waals surface area (Å²) in [6.07, 6.45) is 0.358. The standard InChI is InChI=1S/C22H23NO4S2.Na/c1-15(14-28-22(27)16-8-4-2-5-9-16)20(24)23-13-18(12-19(23)21(25)26)29-17-10-6-3-7-11-17;/h2-11,15,18-19H,12-14H2,1H3,(H,25,26);/q;+1/p-1/t15-,18+,19+;/m1./s1. The molecular weight excluding hydrogens is 429 g/mol. The van der Waals surface area contributed by atoms with E-state index in [1.807, 2.05) is 36.4 Å². The molecule has 1 fully saturated rings. The molecule has 0 aromatic heterocycles. The van der Waals surface area contributed by atoms with Gasteiger partial charge in [0.1, 0.15) is 0 Å². The minimum absolute atomic E-state index is 0. The number of hydrogen-bond acceptors (Lipinski definition) is 6. The van der Waals surface area contributed by atoms with Crippen LogP contribution < -0.4 is 34.7 Å². The molecule has 0 unspecified atom stereocenters. The van der Waals surface area contributed by atoms with E-state index in [2.05, 4.69) is 0 Å². The summed E-state index contributed by atoms with van der Waals surface area (Å²) in [6.45, 7) is 2.09. The van der Waals surface area contributed by atoms with Crippen molar-refractivity contribution >= 4 is 40.5 Å². The number of rotatable bonds is 7. The van der Waals surface area contributed by atoms with Gasteiger partial charge in [0, 0.05) is 33.9 Å². The van der Waals surface area contributed by atoms with Crippen molar-refractivity contribution in [1.29, 1.82) is 0 Å². The van der Waals surface area contributed by atoms with E-state index < -0.39 is 17.9 Å². The maximum absolute atomic E-state index is 12.9. The molecule has 1 amide bonds. The molecule has 0 N–H and O–H groups in total. The number of carboxylic acid groups (broad SMARTS) is 1. The smallest absolute Gasteiger partial charge is 0.548 e. The normalized spacial score (nSPS) is 19.0. The quantitative estimate of drug-likeness (QED) is 0.539. The van der Waals surface area contributed by atoms with Gasteiger partial charge in [-0.25, -0.2) is 0 Å². The van der Waals surface area contributed by atoms with Gasteiger partial charge in [-0.2, -0.15) is 0 Å². The number of carbonyl (C=O) groups excluding carboxylic acids is 3. The van der Waals surface area contributed by atoms with E-state index in [9.17, 15) is 19.5 Å². The van der Waals surface area contributed by atoms with Gasteiger partial charge in [0.25, 0.3) is 0 Å². The van der Waals surface area contributed by atoms with Crippen LogP contribution >= 0.6 is 23.5 Å². The molecule has 3 rings (SSSR count). The summed E-state index contributed by atoms with van der Waals surface area (Å²) in [5.74, 6) is -1.63. The number of thioether (sulfide) groups is 2. The van der Waals surface area contributed by atoms with Gasteiger partial charge in [-0.15, -0.1) is 11.8 Å². The molecule has 0 saturated carbocycles. The molecule has 2 aromatic carbocycles. The Morgan fingerprint density at radius 1 is 1.07 bits per heavy atom. The average Bonchev–Trinajstić information content (AvgIpc) is 3.16. The Kier molecular flexibility index (Phi) is 9.97. The van der Waals surface area contributed by atoms with Gasteiger partial charge in [0.2, 0.25) is 11.0 Å². The Hall–Kier alpha value is -1.25. The summed E-state index contributed by atoms with van der Waals surface area (Å²) in [7, 11) is 0. The van der Waals surface area contributed by atoms with E-state index in [-0.39, 0.29) is 45.8 Å². The third kappa shape index (κ3) is 6.62. The first-order chi connectivity index (χ1) is 14.0. The fourth-order valence-electron chi connectivity index (χ4n) is 3.25. The molecule has 0 spiro atoms. The predicted molar refractivity (Wildman–Crippen MR) is 114 cm³/mol. The summed E-state index contributed by atoms with van der Waals surface area (Å²) < 4.78 is 0. The van der Waals surface area contributed by atoms with E-state index in [0.717, 1.165) is 16.7 Å². The molecule has 0 radical (unpaired) electrons. The van der Waals surface area contributed by atoms with Crippen LogP contribution in [-0.4, -0.2) is 45.5 Å². The number of amides is 1. The zero-order valence-corrected chi connectivity index (χ0v) is 20.7. The fourth-order valence-corrected chi connectivity index (χ4v) is 5.31. The van der Waals surface area contributed by atoms with Gasteiger partial charge in [0.15, 0.2) is 0 Å². The van der Waals surface area contributed by atoms with Gasteiger partial charge in [-0.1, -0.05) is 67.2 Å². The van der Waals surface area contributed by atoms with Crippen molar-refractivity contribution in [3.05, 3.63) is 66.2 Å². The summed E-state index contributed by atoms with van der Waals surface area (Å²) >= 11 is 2.66. The Bertz CT molecular complexity index is 866. The van der Waals surface area contributed by atoms with E-state index in [1.54, 1.807) is 43.0 Å². The van der Waals surface area contributed by atoms with E-state index in [0.29, 0.717) is 24.3 Å². The summed E-state index contributed by atoms with van der Waals surface area (Å²) in [4.78, 5) is 39.2. The van der Waals surface area contributed by atoms with Crippen LogP contribution in [0.25, 0.3) is 0 Å². The predicted octanol–water partition coefficient (Wildman–Crippen LogP) is -0.288. The number of benzene rings is 2. The Balaban J connectivity index is 0.00000320. The third-order valence-corrected chi connectivity index (χ3v) is 7.14. The number of aliphatic carboxylic acids is 1. The van der Waals surface area contributed by atoms with Crippen molar-refractivity contribution in [3.8, 4) is 0 Å². The molecule has 2 aromatic rings. The van der Waals surface area contributed by atoms with Gasteiger partial charge < -0.3 is 14.8 Å². The van der Waals surface area contributed by atoms with Gasteiger partial charge in [-0.05, 0) is 18.6 Å². The number of nitrogens with zero attached hydrogens (tertiary/aromatic N) is 1. The second-order valence-corrected chi connectivity index (χ2v) is 9.35. The zero-order chi connectivity index (χ0) is 20.8. The van der Waals surface area contributed by atoms with Crippen molar-refractivity contribution in [1.82, 2.24) is 4.90 Å². The van der Waals surface area contributed by atoms with Crippen molar-refractivity contribution < 1.29 is 49.0 Å². The summed E-state index contributed by atoms with van der Waals surface area (Å²) in [6, 6.07) is 17.7. The minimum Gasteiger partial charge on any atom is -0.548 e. The molecule has 0 bridgehead atoms. The van der Waals surface area contributed by atoms with Crippen LogP contribution in [0.5, 0.6) is 0 Å². The molecule has 0 aliphatic carbocycles. The fraction of sp³-hybridized carbons (Fsp3) is 0.318. The summed E-state index contributed by atoms with van der Waals surface area (Å²) in [5, 5.41) is 11.5. The van der Waals surface area contributed by atoms with Crippen LogP contribution in [0.2, 0.25) is 0 Å². The molecular formula is C22H22NNaO4S2. The van der Waals surface area contributed by atoms with Crippen LogP contribution in [0.3, 0.4) is 0 Å². The van der Waals surface area contributed by atoms with E-state index in [4.69, 9.17) is 0 Å². The average molecular weight is 452 g/mol. The minimum atomic E-state index is -1.23. The van der Waals surface area contributed by atoms with Crippen LogP contribution in [0.15, 0.2) is 65.6 Å². The van der Waals surface area contributed by atoms with Gasteiger partial charge in [-0.3, -0.25) is 9.59 Å². The number of carboxylic acids is 1. The maximum Gasteiger partial charge on any atom is 1.00 e. The second kappa shape index (κ2) is 12.0. The Morgan fingerprint density at radius 3 is 2.27 bits per heavy atom. The first-order valence-electron chi connectivity index (χ1n) is 9.41. The Morgan fingerprint density at radius 2 is 1.67 bits per heavy atom. The molecule has 30 heavy (non-hydrogen) atoms. The van der Waals surface area contributed by atoms with Crippen molar-refractivity contribution in [2.75, 3.05) is 12.3 Å². The SMILES string of the molecule is C[C@H](CSC(=O)c1ccccc1)C(=O)N1C[C@@H](Sc2ccccc2)C[C@H]1C(=O)[O-].[Na+]. The molecule has 1 aliphatic rings. The molecule has 1 heterocycles. The number of hydrogen-bond donors (Lipinski definition) is 0. The number of carbonyl (C=O) groups is 3. The molecule has 1 saturated heterocycles. The molecule has 5 nitrogen and oxygen atoms in total. The first-order valence-corrected chi connectivity index (χ1v) is 11.3. The van der Waals surface area contributed by atoms with Crippen molar-refractivity contribution in [2.45, 2.75) is 29.5 Å². The largest absolute Gasteiger partial charge is 1.00 e. The molecule has 8 heteroatoms. The van der Waals surface area contributed by atoms with Crippen molar-refractivity contribution in [3.63, 3.8) is 0 Å². The van der Waals surface area contributed by atoms with E-state index >= 15 is 0 Å². The van der Waals surface area contributed by atoms with E-state index in [1.165, 1.54) is 4.90 Å². The van der Waals surface area contributed by atoms with Crippen LogP contribution in [-0.2, 0) is 9.59 Å². The molecule has 152 valence electrons. The second-order valence-electron chi connectivity index (χ2n) is 6.98.